The van der Waals surface area contributed by atoms with Gasteiger partial charge < -0.3 is 4.74 Å². The van der Waals surface area contributed by atoms with Crippen LogP contribution in [-0.2, 0) is 11.3 Å². The lowest BCUT2D eigenvalue weighted by Gasteiger charge is -2.07. The van der Waals surface area contributed by atoms with Crippen molar-refractivity contribution in [2.75, 3.05) is 7.11 Å². The van der Waals surface area contributed by atoms with E-state index in [1.165, 1.54) is 17.7 Å². The van der Waals surface area contributed by atoms with Gasteiger partial charge in [-0.1, -0.05) is 0 Å². The number of hydrogen-bond donors (Lipinski definition) is 1. The number of benzene rings is 1. The molecule has 0 aliphatic carbocycles. The molecule has 17 heavy (non-hydrogen) atoms. The van der Waals surface area contributed by atoms with Crippen LogP contribution in [0.4, 0.5) is 8.78 Å². The van der Waals surface area contributed by atoms with Gasteiger partial charge in [0.1, 0.15) is 18.2 Å². The number of nitrogens with zero attached hydrogens (tertiary/aromatic N) is 2. The molecule has 0 aliphatic heterocycles. The number of H-pyrrole nitrogens is 1. The lowest BCUT2D eigenvalue weighted by molar-refractivity contribution is 0.176. The summed E-state index contributed by atoms with van der Waals surface area (Å²) in [5.74, 6) is -0.933. The van der Waals surface area contributed by atoms with Crippen molar-refractivity contribution in [1.82, 2.24) is 14.8 Å². The molecule has 0 atom stereocenters. The van der Waals surface area contributed by atoms with E-state index in [9.17, 15) is 8.78 Å². The summed E-state index contributed by atoms with van der Waals surface area (Å²) in [7, 11) is 1.49. The molecule has 0 radical (unpaired) electrons. The fourth-order valence-electron chi connectivity index (χ4n) is 1.47. The predicted octanol–water partition coefficient (Wildman–Crippen LogP) is 2.35. The van der Waals surface area contributed by atoms with Gasteiger partial charge in [0.25, 0.3) is 0 Å². The Hall–Kier alpha value is -1.60. The van der Waals surface area contributed by atoms with Gasteiger partial charge in [0.2, 0.25) is 0 Å². The summed E-state index contributed by atoms with van der Waals surface area (Å²) in [6.07, 6.45) is 0. The Balaban J connectivity index is 2.59. The highest BCUT2D eigenvalue weighted by atomic mass is 32.1. The summed E-state index contributed by atoms with van der Waals surface area (Å²) in [4.78, 5) is 0. The van der Waals surface area contributed by atoms with E-state index >= 15 is 0 Å². The summed E-state index contributed by atoms with van der Waals surface area (Å²) < 4.78 is 33.0. The fourth-order valence-corrected chi connectivity index (χ4v) is 1.72. The molecule has 0 amide bonds. The Bertz CT molecular complexity index is 593. The first-order valence-corrected chi connectivity index (χ1v) is 5.15. The first-order valence-electron chi connectivity index (χ1n) is 4.74. The maximum absolute atomic E-state index is 13.6. The van der Waals surface area contributed by atoms with Crippen molar-refractivity contribution >= 4 is 12.2 Å². The van der Waals surface area contributed by atoms with Crippen molar-refractivity contribution in [2.24, 2.45) is 0 Å². The molecule has 1 N–H and O–H groups in total. The van der Waals surface area contributed by atoms with Crippen molar-refractivity contribution in [1.29, 1.82) is 0 Å². The van der Waals surface area contributed by atoms with Gasteiger partial charge in [0, 0.05) is 13.2 Å². The van der Waals surface area contributed by atoms with E-state index in [4.69, 9.17) is 17.0 Å². The third kappa shape index (κ3) is 2.25. The third-order valence-electron chi connectivity index (χ3n) is 2.17. The van der Waals surface area contributed by atoms with Crippen LogP contribution in [0, 0.1) is 16.4 Å². The molecule has 0 spiro atoms. The van der Waals surface area contributed by atoms with Crippen LogP contribution in [0.2, 0.25) is 0 Å². The molecule has 0 fully saturated rings. The second-order valence-electron chi connectivity index (χ2n) is 3.31. The van der Waals surface area contributed by atoms with Crippen molar-refractivity contribution in [3.05, 3.63) is 40.4 Å². The predicted molar refractivity (Wildman–Crippen MR) is 59.4 cm³/mol. The molecule has 0 saturated carbocycles. The number of aromatic nitrogens is 3. The zero-order valence-electron chi connectivity index (χ0n) is 8.91. The minimum Gasteiger partial charge on any atom is -0.377 e. The van der Waals surface area contributed by atoms with Gasteiger partial charge in [-0.05, 0) is 24.4 Å². The highest BCUT2D eigenvalue weighted by Crippen LogP contribution is 2.17. The monoisotopic (exact) mass is 257 g/mol. The third-order valence-corrected chi connectivity index (χ3v) is 2.44. The molecule has 2 aromatic rings. The lowest BCUT2D eigenvalue weighted by atomic mass is 10.3. The maximum Gasteiger partial charge on any atom is 0.200 e. The molecule has 2 rings (SSSR count). The van der Waals surface area contributed by atoms with Crippen LogP contribution in [-0.4, -0.2) is 21.9 Å². The summed E-state index contributed by atoms with van der Waals surface area (Å²) >= 11 is 4.99. The minimum atomic E-state index is -0.708. The van der Waals surface area contributed by atoms with E-state index in [0.717, 1.165) is 12.1 Å². The van der Waals surface area contributed by atoms with E-state index in [-0.39, 0.29) is 17.1 Å². The molecular weight excluding hydrogens is 248 g/mol. The quantitative estimate of drug-likeness (QED) is 0.858. The van der Waals surface area contributed by atoms with Crippen LogP contribution in [0.15, 0.2) is 18.2 Å². The number of rotatable bonds is 3. The Morgan fingerprint density at radius 1 is 1.47 bits per heavy atom. The smallest absolute Gasteiger partial charge is 0.200 e. The molecule has 0 saturated heterocycles. The summed E-state index contributed by atoms with van der Waals surface area (Å²) in [6.45, 7) is 0.171. The zero-order chi connectivity index (χ0) is 12.4. The minimum absolute atomic E-state index is 0.136. The molecule has 7 heteroatoms. The van der Waals surface area contributed by atoms with Crippen molar-refractivity contribution < 1.29 is 13.5 Å². The Kier molecular flexibility index (Phi) is 3.30. The SMILES string of the molecule is COCc1n[nH]c(=S)n1-c1ccc(F)cc1F. The van der Waals surface area contributed by atoms with Crippen LogP contribution in [0.25, 0.3) is 5.69 Å². The van der Waals surface area contributed by atoms with Crippen molar-refractivity contribution in [3.8, 4) is 5.69 Å². The molecule has 0 aliphatic rings. The summed E-state index contributed by atoms with van der Waals surface area (Å²) in [6, 6.07) is 3.25. The first kappa shape index (κ1) is 11.9. The number of aromatic amines is 1. The van der Waals surface area contributed by atoms with E-state index < -0.39 is 11.6 Å². The summed E-state index contributed by atoms with van der Waals surface area (Å²) in [5, 5.41) is 6.44. The fraction of sp³-hybridized carbons (Fsp3) is 0.200. The zero-order valence-corrected chi connectivity index (χ0v) is 9.72. The van der Waals surface area contributed by atoms with Crippen molar-refractivity contribution in [2.45, 2.75) is 6.61 Å². The van der Waals surface area contributed by atoms with Crippen LogP contribution in [0.1, 0.15) is 5.82 Å². The molecule has 1 aromatic carbocycles. The average Bonchev–Trinajstić information content (AvgIpc) is 2.62. The molecular formula is C10H9F2N3OS. The van der Waals surface area contributed by atoms with E-state index in [2.05, 4.69) is 10.2 Å². The molecule has 90 valence electrons. The van der Waals surface area contributed by atoms with Gasteiger partial charge in [0.05, 0.1) is 5.69 Å². The second-order valence-corrected chi connectivity index (χ2v) is 3.70. The lowest BCUT2D eigenvalue weighted by Crippen LogP contribution is -2.05. The molecule has 0 unspecified atom stereocenters. The highest BCUT2D eigenvalue weighted by Gasteiger charge is 2.12. The van der Waals surface area contributed by atoms with E-state index in [1.54, 1.807) is 0 Å². The van der Waals surface area contributed by atoms with Gasteiger partial charge in [-0.15, -0.1) is 0 Å². The number of ether oxygens (including phenoxy) is 1. The molecule has 1 heterocycles. The van der Waals surface area contributed by atoms with Crippen LogP contribution in [0.5, 0.6) is 0 Å². The molecule has 0 bridgehead atoms. The number of nitrogens with one attached hydrogen (secondary N) is 1. The van der Waals surface area contributed by atoms with Gasteiger partial charge >= 0.3 is 0 Å². The molecule has 4 nitrogen and oxygen atoms in total. The first-order chi connectivity index (χ1) is 8.13. The van der Waals surface area contributed by atoms with Gasteiger partial charge in [-0.25, -0.2) is 8.78 Å². The van der Waals surface area contributed by atoms with Gasteiger partial charge in [0.15, 0.2) is 10.6 Å². The van der Waals surface area contributed by atoms with Crippen LogP contribution < -0.4 is 0 Å². The average molecular weight is 257 g/mol. The Morgan fingerprint density at radius 3 is 2.88 bits per heavy atom. The largest absolute Gasteiger partial charge is 0.377 e. The molecule has 1 aromatic heterocycles. The van der Waals surface area contributed by atoms with E-state index in [1.807, 2.05) is 0 Å². The van der Waals surface area contributed by atoms with Crippen molar-refractivity contribution in [3.63, 3.8) is 0 Å². The van der Waals surface area contributed by atoms with E-state index in [0.29, 0.717) is 5.82 Å². The Morgan fingerprint density at radius 2 is 2.24 bits per heavy atom. The summed E-state index contributed by atoms with van der Waals surface area (Å²) in [5.41, 5.74) is 0.136. The number of methoxy groups -OCH3 is 1. The van der Waals surface area contributed by atoms with Gasteiger partial charge in [-0.3, -0.25) is 9.67 Å². The van der Waals surface area contributed by atoms with Crippen LogP contribution in [0.3, 0.4) is 0 Å². The second kappa shape index (κ2) is 4.72. The Labute approximate surface area is 101 Å². The highest BCUT2D eigenvalue weighted by molar-refractivity contribution is 7.71. The number of halogens is 2. The van der Waals surface area contributed by atoms with Crippen LogP contribution >= 0.6 is 12.2 Å². The van der Waals surface area contributed by atoms with Gasteiger partial charge in [-0.2, -0.15) is 5.10 Å². The maximum atomic E-state index is 13.6. The number of hydrogen-bond acceptors (Lipinski definition) is 3. The normalized spacial score (nSPS) is 10.8. The topological polar surface area (TPSA) is 42.8 Å². The standard InChI is InChI=1S/C10H9F2N3OS/c1-16-5-9-13-14-10(17)15(9)8-3-2-6(11)4-7(8)12/h2-4H,5H2,1H3,(H,14,17).